The highest BCUT2D eigenvalue weighted by Crippen LogP contribution is 2.25. The molecular weight excluding hydrogens is 287 g/mol. The van der Waals surface area contributed by atoms with Crippen LogP contribution in [0.1, 0.15) is 34.6 Å². The number of benzene rings is 1. The van der Waals surface area contributed by atoms with Gasteiger partial charge in [-0.25, -0.2) is 9.18 Å². The van der Waals surface area contributed by atoms with Crippen molar-refractivity contribution in [2.24, 2.45) is 0 Å². The van der Waals surface area contributed by atoms with Gasteiger partial charge in [-0.3, -0.25) is 5.32 Å². The minimum atomic E-state index is -0.602. The Kier molecular flexibility index (Phi) is 6.17. The van der Waals surface area contributed by atoms with Gasteiger partial charge in [0.1, 0.15) is 11.4 Å². The first-order chi connectivity index (χ1) is 10.1. The molecule has 0 aliphatic heterocycles. The number of carbonyl (C=O) groups excluding carboxylic acids is 1. The second kappa shape index (κ2) is 7.45. The summed E-state index contributed by atoms with van der Waals surface area (Å²) in [6.45, 7) is 9.14. The summed E-state index contributed by atoms with van der Waals surface area (Å²) < 4.78 is 23.9. The van der Waals surface area contributed by atoms with Crippen LogP contribution in [0, 0.1) is 5.82 Å². The van der Waals surface area contributed by atoms with Gasteiger partial charge in [0.2, 0.25) is 0 Å². The third kappa shape index (κ3) is 5.89. The predicted molar refractivity (Wildman–Crippen MR) is 85.8 cm³/mol. The lowest BCUT2D eigenvalue weighted by atomic mass is 10.1. The van der Waals surface area contributed by atoms with Crippen LogP contribution in [0.2, 0.25) is 0 Å². The molecule has 22 heavy (non-hydrogen) atoms. The van der Waals surface area contributed by atoms with Crippen LogP contribution in [-0.2, 0) is 9.47 Å². The van der Waals surface area contributed by atoms with Gasteiger partial charge in [-0.05, 0) is 52.8 Å². The zero-order valence-electron chi connectivity index (χ0n) is 14.0. The molecule has 2 N–H and O–H groups in total. The first kappa shape index (κ1) is 18.2. The first-order valence-corrected chi connectivity index (χ1v) is 7.21. The van der Waals surface area contributed by atoms with Gasteiger partial charge < -0.3 is 14.8 Å². The maximum absolute atomic E-state index is 13.5. The molecule has 0 radical (unpaired) electrons. The van der Waals surface area contributed by atoms with Gasteiger partial charge in [0.25, 0.3) is 0 Å². The van der Waals surface area contributed by atoms with Gasteiger partial charge in [0.15, 0.2) is 0 Å². The monoisotopic (exact) mass is 312 g/mol. The molecule has 2 unspecified atom stereocenters. The minimum Gasteiger partial charge on any atom is -0.444 e. The largest absolute Gasteiger partial charge is 0.444 e. The Labute approximate surface area is 131 Å². The van der Waals surface area contributed by atoms with Crippen LogP contribution < -0.4 is 10.6 Å². The fraction of sp³-hybridized carbons (Fsp3) is 0.562. The molecule has 0 aliphatic carbocycles. The summed E-state index contributed by atoms with van der Waals surface area (Å²) in [5.74, 6) is -0.394. The van der Waals surface area contributed by atoms with Crippen LogP contribution in [0.5, 0.6) is 0 Å². The van der Waals surface area contributed by atoms with Crippen molar-refractivity contribution >= 4 is 17.5 Å². The second-order valence-corrected chi connectivity index (χ2v) is 6.19. The van der Waals surface area contributed by atoms with Gasteiger partial charge in [-0.2, -0.15) is 0 Å². The summed E-state index contributed by atoms with van der Waals surface area (Å²) in [5, 5.41) is 5.76. The Morgan fingerprint density at radius 1 is 1.23 bits per heavy atom. The molecule has 5 nitrogen and oxygen atoms in total. The Bertz CT molecular complexity index is 515. The third-order valence-corrected chi connectivity index (χ3v) is 3.08. The van der Waals surface area contributed by atoms with E-state index in [1.165, 1.54) is 18.2 Å². The van der Waals surface area contributed by atoms with Gasteiger partial charge in [-0.15, -0.1) is 0 Å². The quantitative estimate of drug-likeness (QED) is 0.862. The van der Waals surface area contributed by atoms with E-state index >= 15 is 0 Å². The van der Waals surface area contributed by atoms with E-state index in [2.05, 4.69) is 10.6 Å². The van der Waals surface area contributed by atoms with Crippen molar-refractivity contribution in [2.45, 2.75) is 52.4 Å². The van der Waals surface area contributed by atoms with Crippen molar-refractivity contribution in [1.82, 2.24) is 0 Å². The lowest BCUT2D eigenvalue weighted by Crippen LogP contribution is -2.31. The normalized spacial score (nSPS) is 14.1. The molecule has 6 heteroatoms. The van der Waals surface area contributed by atoms with E-state index in [4.69, 9.17) is 9.47 Å². The summed E-state index contributed by atoms with van der Waals surface area (Å²) in [6, 6.07) is 4.03. The van der Waals surface area contributed by atoms with E-state index in [0.717, 1.165) is 0 Å². The van der Waals surface area contributed by atoms with Crippen LogP contribution in [0.3, 0.4) is 0 Å². The lowest BCUT2D eigenvalue weighted by molar-refractivity contribution is 0.0636. The van der Waals surface area contributed by atoms with Crippen LogP contribution >= 0.6 is 0 Å². The summed E-state index contributed by atoms with van der Waals surface area (Å²) in [4.78, 5) is 11.9. The highest BCUT2D eigenvalue weighted by Gasteiger charge is 2.19. The highest BCUT2D eigenvalue weighted by molar-refractivity contribution is 5.89. The van der Waals surface area contributed by atoms with Crippen molar-refractivity contribution in [3.8, 4) is 0 Å². The summed E-state index contributed by atoms with van der Waals surface area (Å²) in [6.07, 6.45) is -0.660. The van der Waals surface area contributed by atoms with E-state index < -0.39 is 17.5 Å². The number of hydrogen-bond acceptors (Lipinski definition) is 4. The van der Waals surface area contributed by atoms with Crippen molar-refractivity contribution < 1.29 is 18.7 Å². The smallest absolute Gasteiger partial charge is 0.412 e. The molecule has 0 heterocycles. The molecule has 0 saturated heterocycles. The van der Waals surface area contributed by atoms with Crippen molar-refractivity contribution in [3.05, 3.63) is 24.0 Å². The summed E-state index contributed by atoms with van der Waals surface area (Å²) >= 11 is 0. The van der Waals surface area contributed by atoms with Crippen LogP contribution in [0.4, 0.5) is 20.6 Å². The Morgan fingerprint density at radius 3 is 2.41 bits per heavy atom. The number of nitrogens with one attached hydrogen (secondary N) is 2. The number of carbonyl (C=O) groups is 1. The molecule has 2 atom stereocenters. The maximum atomic E-state index is 13.5. The zero-order valence-corrected chi connectivity index (χ0v) is 14.0. The molecule has 0 spiro atoms. The van der Waals surface area contributed by atoms with Crippen LogP contribution in [-0.4, -0.2) is 30.9 Å². The zero-order chi connectivity index (χ0) is 16.9. The van der Waals surface area contributed by atoms with Crippen LogP contribution in [0.25, 0.3) is 0 Å². The summed E-state index contributed by atoms with van der Waals surface area (Å²) in [7, 11) is 1.61. The molecule has 0 fully saturated rings. The van der Waals surface area contributed by atoms with Crippen LogP contribution in [0.15, 0.2) is 18.2 Å². The van der Waals surface area contributed by atoms with Crippen molar-refractivity contribution in [3.63, 3.8) is 0 Å². The average Bonchev–Trinajstić information content (AvgIpc) is 2.38. The highest BCUT2D eigenvalue weighted by atomic mass is 19.1. The van der Waals surface area contributed by atoms with Crippen molar-refractivity contribution in [2.75, 3.05) is 17.7 Å². The van der Waals surface area contributed by atoms with E-state index in [1.807, 2.05) is 13.8 Å². The Balaban J connectivity index is 2.89. The van der Waals surface area contributed by atoms with Gasteiger partial charge >= 0.3 is 6.09 Å². The molecule has 1 amide bonds. The number of methoxy groups -OCH3 is 1. The Hall–Kier alpha value is -1.82. The number of ether oxygens (including phenoxy) is 2. The molecule has 1 aromatic rings. The number of rotatable bonds is 5. The first-order valence-electron chi connectivity index (χ1n) is 7.21. The number of anilines is 2. The minimum absolute atomic E-state index is 0.0639. The maximum Gasteiger partial charge on any atom is 0.412 e. The fourth-order valence-electron chi connectivity index (χ4n) is 1.73. The molecular formula is C16H25FN2O3. The molecule has 0 aliphatic rings. The molecule has 1 aromatic carbocycles. The molecule has 0 saturated carbocycles. The van der Waals surface area contributed by atoms with E-state index in [9.17, 15) is 9.18 Å². The number of amides is 1. The standard InChI is InChI=1S/C16H25FN2O3/c1-10(11(2)21-6)18-14-9-12(17)7-8-13(14)19-15(20)22-16(3,4)5/h7-11,18H,1-6H3,(H,19,20). The van der Waals surface area contributed by atoms with E-state index in [1.54, 1.807) is 27.9 Å². The topological polar surface area (TPSA) is 59.6 Å². The fourth-order valence-corrected chi connectivity index (χ4v) is 1.73. The molecule has 124 valence electrons. The average molecular weight is 312 g/mol. The van der Waals surface area contributed by atoms with Gasteiger partial charge in [0.05, 0.1) is 17.5 Å². The SMILES string of the molecule is COC(C)C(C)Nc1cc(F)ccc1NC(=O)OC(C)(C)C. The number of halogens is 1. The third-order valence-electron chi connectivity index (χ3n) is 3.08. The van der Waals surface area contributed by atoms with Gasteiger partial charge in [0, 0.05) is 13.2 Å². The lowest BCUT2D eigenvalue weighted by Gasteiger charge is -2.24. The van der Waals surface area contributed by atoms with E-state index in [0.29, 0.717) is 11.4 Å². The molecule has 1 rings (SSSR count). The Morgan fingerprint density at radius 2 is 1.86 bits per heavy atom. The van der Waals surface area contributed by atoms with E-state index in [-0.39, 0.29) is 12.1 Å². The van der Waals surface area contributed by atoms with Gasteiger partial charge in [-0.1, -0.05) is 0 Å². The molecule has 0 bridgehead atoms. The summed E-state index contributed by atoms with van der Waals surface area (Å²) in [5.41, 5.74) is 0.323. The molecule has 0 aromatic heterocycles. The predicted octanol–water partition coefficient (Wildman–Crippen LogP) is 4.01. The number of hydrogen-bond donors (Lipinski definition) is 2. The second-order valence-electron chi connectivity index (χ2n) is 6.19. The van der Waals surface area contributed by atoms with Crippen molar-refractivity contribution in [1.29, 1.82) is 0 Å².